The van der Waals surface area contributed by atoms with Crippen molar-refractivity contribution in [3.63, 3.8) is 0 Å². The number of aryl methyl sites for hydroxylation is 1. The van der Waals surface area contributed by atoms with Gasteiger partial charge >= 0.3 is 5.97 Å². The zero-order valence-corrected chi connectivity index (χ0v) is 7.97. The monoisotopic (exact) mass is 186 g/mol. The highest BCUT2D eigenvalue weighted by molar-refractivity contribution is 7.16. The molecule has 1 rings (SSSR count). The minimum atomic E-state index is -0.969. The molecule has 0 atom stereocenters. The smallest absolute Gasteiger partial charge is 0.357 e. The molecule has 0 saturated carbocycles. The van der Waals surface area contributed by atoms with E-state index in [1.54, 1.807) is 25.9 Å². The zero-order chi connectivity index (χ0) is 9.30. The number of aromatic carboxylic acids is 1. The summed E-state index contributed by atoms with van der Waals surface area (Å²) < 4.78 is 0. The minimum Gasteiger partial charge on any atom is -0.476 e. The maximum Gasteiger partial charge on any atom is 0.357 e. The van der Waals surface area contributed by atoms with Crippen LogP contribution in [-0.4, -0.2) is 30.2 Å². The van der Waals surface area contributed by atoms with Gasteiger partial charge in [-0.15, -0.1) is 11.3 Å². The van der Waals surface area contributed by atoms with Crippen LogP contribution in [0, 0.1) is 6.92 Å². The van der Waals surface area contributed by atoms with Gasteiger partial charge in [0.15, 0.2) is 5.69 Å². The predicted octanol–water partition coefficient (Wildman–Crippen LogP) is 1.22. The SMILES string of the molecule is Cc1nc(C(=O)O)c(N(C)C)s1. The lowest BCUT2D eigenvalue weighted by Crippen LogP contribution is -2.11. The molecule has 5 heteroatoms. The third-order valence-electron chi connectivity index (χ3n) is 1.32. The van der Waals surface area contributed by atoms with Crippen molar-refractivity contribution in [3.05, 3.63) is 10.7 Å². The summed E-state index contributed by atoms with van der Waals surface area (Å²) in [6.07, 6.45) is 0. The summed E-state index contributed by atoms with van der Waals surface area (Å²) in [5.74, 6) is -0.969. The average molecular weight is 186 g/mol. The van der Waals surface area contributed by atoms with Crippen LogP contribution in [0.25, 0.3) is 0 Å². The summed E-state index contributed by atoms with van der Waals surface area (Å²) >= 11 is 1.38. The first-order valence-electron chi connectivity index (χ1n) is 3.40. The topological polar surface area (TPSA) is 53.4 Å². The Morgan fingerprint density at radius 1 is 1.58 bits per heavy atom. The molecule has 1 heterocycles. The Hall–Kier alpha value is -1.10. The maximum atomic E-state index is 10.7. The van der Waals surface area contributed by atoms with E-state index in [1.165, 1.54) is 11.3 Å². The van der Waals surface area contributed by atoms with Gasteiger partial charge in [0.1, 0.15) is 5.00 Å². The molecule has 4 nitrogen and oxygen atoms in total. The second-order valence-corrected chi connectivity index (χ2v) is 3.77. The largest absolute Gasteiger partial charge is 0.476 e. The van der Waals surface area contributed by atoms with Gasteiger partial charge in [-0.1, -0.05) is 0 Å². The minimum absolute atomic E-state index is 0.141. The Morgan fingerprint density at radius 2 is 2.17 bits per heavy atom. The van der Waals surface area contributed by atoms with Gasteiger partial charge in [0, 0.05) is 14.1 Å². The van der Waals surface area contributed by atoms with Crippen molar-refractivity contribution in [2.45, 2.75) is 6.92 Å². The second-order valence-electron chi connectivity index (χ2n) is 2.59. The quantitative estimate of drug-likeness (QED) is 0.754. The van der Waals surface area contributed by atoms with E-state index in [4.69, 9.17) is 5.11 Å². The number of carboxylic acids is 1. The number of carboxylic acid groups (broad SMARTS) is 1. The summed E-state index contributed by atoms with van der Waals surface area (Å²) in [5.41, 5.74) is 0.141. The van der Waals surface area contributed by atoms with Gasteiger partial charge in [0.05, 0.1) is 5.01 Å². The normalized spacial score (nSPS) is 9.92. The molecule has 0 bridgehead atoms. The molecular weight excluding hydrogens is 176 g/mol. The molecule has 0 amide bonds. The number of thiazole rings is 1. The van der Waals surface area contributed by atoms with E-state index in [9.17, 15) is 4.79 Å². The van der Waals surface area contributed by atoms with E-state index in [-0.39, 0.29) is 5.69 Å². The molecule has 1 aromatic heterocycles. The van der Waals surface area contributed by atoms with Gasteiger partial charge in [-0.2, -0.15) is 0 Å². The van der Waals surface area contributed by atoms with Crippen LogP contribution in [0.3, 0.4) is 0 Å². The molecule has 0 aromatic carbocycles. The fourth-order valence-electron chi connectivity index (χ4n) is 0.859. The zero-order valence-electron chi connectivity index (χ0n) is 7.16. The Morgan fingerprint density at radius 3 is 2.50 bits per heavy atom. The van der Waals surface area contributed by atoms with Crippen LogP contribution in [0.15, 0.2) is 0 Å². The van der Waals surface area contributed by atoms with Crippen molar-refractivity contribution >= 4 is 22.3 Å². The third kappa shape index (κ3) is 1.55. The number of aromatic nitrogens is 1. The van der Waals surface area contributed by atoms with E-state index in [0.29, 0.717) is 5.00 Å². The predicted molar refractivity (Wildman–Crippen MR) is 48.1 cm³/mol. The van der Waals surface area contributed by atoms with Crippen LogP contribution in [0.4, 0.5) is 5.00 Å². The van der Waals surface area contributed by atoms with Crippen molar-refractivity contribution in [2.24, 2.45) is 0 Å². The van der Waals surface area contributed by atoms with Crippen LogP contribution in [-0.2, 0) is 0 Å². The van der Waals surface area contributed by atoms with E-state index >= 15 is 0 Å². The molecule has 12 heavy (non-hydrogen) atoms. The van der Waals surface area contributed by atoms with Crippen LogP contribution in [0.5, 0.6) is 0 Å². The molecule has 0 aliphatic rings. The van der Waals surface area contributed by atoms with E-state index in [0.717, 1.165) is 5.01 Å². The van der Waals surface area contributed by atoms with Gasteiger partial charge in [0.2, 0.25) is 0 Å². The van der Waals surface area contributed by atoms with Crippen molar-refractivity contribution in [1.29, 1.82) is 0 Å². The van der Waals surface area contributed by atoms with Crippen LogP contribution < -0.4 is 4.90 Å². The lowest BCUT2D eigenvalue weighted by Gasteiger charge is -2.08. The molecular formula is C7H10N2O2S. The van der Waals surface area contributed by atoms with Gasteiger partial charge in [-0.25, -0.2) is 9.78 Å². The third-order valence-corrected chi connectivity index (χ3v) is 2.46. The van der Waals surface area contributed by atoms with Gasteiger partial charge in [-0.3, -0.25) is 0 Å². The highest BCUT2D eigenvalue weighted by Crippen LogP contribution is 2.26. The van der Waals surface area contributed by atoms with Crippen molar-refractivity contribution in [2.75, 3.05) is 19.0 Å². The second kappa shape index (κ2) is 3.10. The molecule has 1 N–H and O–H groups in total. The first kappa shape index (κ1) is 8.99. The fraction of sp³-hybridized carbons (Fsp3) is 0.429. The fourth-order valence-corrected chi connectivity index (χ4v) is 1.69. The Labute approximate surface area is 74.5 Å². The Kier molecular flexibility index (Phi) is 2.32. The molecule has 0 fully saturated rings. The highest BCUT2D eigenvalue weighted by atomic mass is 32.1. The van der Waals surface area contributed by atoms with Crippen molar-refractivity contribution < 1.29 is 9.90 Å². The molecule has 0 radical (unpaired) electrons. The molecule has 0 aliphatic heterocycles. The highest BCUT2D eigenvalue weighted by Gasteiger charge is 2.16. The number of rotatable bonds is 2. The van der Waals surface area contributed by atoms with Crippen molar-refractivity contribution in [3.8, 4) is 0 Å². The molecule has 0 aliphatic carbocycles. The van der Waals surface area contributed by atoms with Crippen LogP contribution >= 0.6 is 11.3 Å². The van der Waals surface area contributed by atoms with Crippen LogP contribution in [0.1, 0.15) is 15.5 Å². The van der Waals surface area contributed by atoms with Gasteiger partial charge < -0.3 is 10.0 Å². The van der Waals surface area contributed by atoms with Gasteiger partial charge in [-0.05, 0) is 6.92 Å². The number of hydrogen-bond acceptors (Lipinski definition) is 4. The lowest BCUT2D eigenvalue weighted by molar-refractivity contribution is 0.0692. The summed E-state index contributed by atoms with van der Waals surface area (Å²) in [5, 5.41) is 10.2. The first-order chi connectivity index (χ1) is 5.52. The number of hydrogen-bond donors (Lipinski definition) is 1. The Balaban J connectivity index is 3.17. The maximum absolute atomic E-state index is 10.7. The lowest BCUT2D eigenvalue weighted by atomic mass is 10.4. The average Bonchev–Trinajstić information content (AvgIpc) is 2.31. The first-order valence-corrected chi connectivity index (χ1v) is 4.22. The molecule has 0 spiro atoms. The summed E-state index contributed by atoms with van der Waals surface area (Å²) in [4.78, 5) is 16.3. The summed E-state index contributed by atoms with van der Waals surface area (Å²) in [6, 6.07) is 0. The molecule has 0 saturated heterocycles. The van der Waals surface area contributed by atoms with Gasteiger partial charge in [0.25, 0.3) is 0 Å². The Bertz CT molecular complexity index is 306. The summed E-state index contributed by atoms with van der Waals surface area (Å²) in [6.45, 7) is 1.80. The molecule has 1 aromatic rings. The number of anilines is 1. The van der Waals surface area contributed by atoms with E-state index in [2.05, 4.69) is 4.98 Å². The van der Waals surface area contributed by atoms with Crippen LogP contribution in [0.2, 0.25) is 0 Å². The molecule has 66 valence electrons. The number of carbonyl (C=O) groups is 1. The van der Waals surface area contributed by atoms with Crippen molar-refractivity contribution in [1.82, 2.24) is 4.98 Å². The molecule has 0 unspecified atom stereocenters. The van der Waals surface area contributed by atoms with E-state index in [1.807, 2.05) is 0 Å². The van der Waals surface area contributed by atoms with E-state index < -0.39 is 5.97 Å². The number of nitrogens with zero attached hydrogens (tertiary/aromatic N) is 2. The summed E-state index contributed by atoms with van der Waals surface area (Å²) in [7, 11) is 3.61. The standard InChI is InChI=1S/C7H10N2O2S/c1-4-8-5(7(10)11)6(12-4)9(2)3/h1-3H3,(H,10,11).